The molecule has 0 saturated carbocycles. The predicted octanol–water partition coefficient (Wildman–Crippen LogP) is -3.95. The van der Waals surface area contributed by atoms with E-state index >= 15 is 0 Å². The molecule has 1 radical (unpaired) electrons. The second-order valence-corrected chi connectivity index (χ2v) is 1.34. The molecule has 10 N–H and O–H groups in total. The molecular weight excluding hydrogens is 263 g/mol. The van der Waals surface area contributed by atoms with Gasteiger partial charge in [0.15, 0.2) is 0 Å². The number of hydrogen-bond donors (Lipinski definition) is 2. The summed E-state index contributed by atoms with van der Waals surface area (Å²) in [7, 11) is -4.67. The Morgan fingerprint density at radius 3 is 0.800 bits per heavy atom. The first-order chi connectivity index (χ1) is 2.00. The molecule has 0 spiro atoms. The Kier molecular flexibility index (Phi) is 77.5. The van der Waals surface area contributed by atoms with Gasteiger partial charge in [0.2, 0.25) is 0 Å². The minimum atomic E-state index is -4.67. The second-order valence-electron chi connectivity index (χ2n) is 0.448. The zero-order valence-corrected chi connectivity index (χ0v) is 6.91. The van der Waals surface area contributed by atoms with Crippen molar-refractivity contribution in [3.8, 4) is 0 Å². The first-order valence-electron chi connectivity index (χ1n) is 0.698. The van der Waals surface area contributed by atoms with Gasteiger partial charge in [-0.1, -0.05) is 0 Å². The van der Waals surface area contributed by atoms with Crippen LogP contribution in [0.3, 0.4) is 0 Å². The largest absolute Gasteiger partial charge is 0.412 e. The molecule has 8 nitrogen and oxygen atoms in total. The van der Waals surface area contributed by atoms with Gasteiger partial charge in [0.1, 0.15) is 0 Å². The third-order valence-corrected chi connectivity index (χ3v) is 0. The van der Waals surface area contributed by atoms with E-state index in [2.05, 4.69) is 0 Å². The maximum atomic E-state index is 8.74. The topological polar surface area (TPSA) is 201 Å². The third kappa shape index (κ3) is 4030. The Hall–Kier alpha value is 0.333. The van der Waals surface area contributed by atoms with Crippen molar-refractivity contribution in [2.45, 2.75) is 0 Å². The van der Waals surface area contributed by atoms with Gasteiger partial charge in [-0.05, 0) is 0 Å². The fourth-order valence-electron chi connectivity index (χ4n) is 0. The van der Waals surface area contributed by atoms with Crippen molar-refractivity contribution in [3.05, 3.63) is 0 Å². The van der Waals surface area contributed by atoms with Gasteiger partial charge >= 0.3 is 10.4 Å². The van der Waals surface area contributed by atoms with Crippen molar-refractivity contribution >= 4 is 10.4 Å². The standard InChI is InChI=1S/H2O4S.4H2O.Rh/c1-5(2,3)4;;;;;/h(H2,1,2,3,4);4*1H2;. The molecular formula is H10O8RhS. The van der Waals surface area contributed by atoms with Gasteiger partial charge in [-0.25, -0.2) is 0 Å². The smallest absolute Gasteiger partial charge is 0.394 e. The Morgan fingerprint density at radius 2 is 0.800 bits per heavy atom. The van der Waals surface area contributed by atoms with Gasteiger partial charge in [0.05, 0.1) is 0 Å². The summed E-state index contributed by atoms with van der Waals surface area (Å²) < 4.78 is 31.6. The first-order valence-corrected chi connectivity index (χ1v) is 2.10. The molecule has 0 bridgehead atoms. The maximum absolute atomic E-state index is 8.74. The quantitative estimate of drug-likeness (QED) is 0.335. The Balaban J connectivity index is -0.00000000800. The minimum Gasteiger partial charge on any atom is -0.412 e. The van der Waals surface area contributed by atoms with Crippen molar-refractivity contribution in [1.82, 2.24) is 0 Å². The van der Waals surface area contributed by atoms with E-state index in [1.54, 1.807) is 0 Å². The van der Waals surface area contributed by atoms with Crippen LogP contribution >= 0.6 is 0 Å². The molecule has 0 rings (SSSR count). The van der Waals surface area contributed by atoms with Crippen LogP contribution in [0.1, 0.15) is 0 Å². The van der Waals surface area contributed by atoms with E-state index < -0.39 is 10.4 Å². The van der Waals surface area contributed by atoms with Gasteiger partial charge in [-0.15, -0.1) is 0 Å². The monoisotopic (exact) mass is 273 g/mol. The predicted molar refractivity (Wildman–Crippen MR) is 28.6 cm³/mol. The first kappa shape index (κ1) is 47.9. The zero-order valence-electron chi connectivity index (χ0n) is 4.45. The average molecular weight is 273 g/mol. The van der Waals surface area contributed by atoms with E-state index in [-0.39, 0.29) is 41.4 Å². The summed E-state index contributed by atoms with van der Waals surface area (Å²) in [6.45, 7) is 0. The molecule has 10 heavy (non-hydrogen) atoms. The van der Waals surface area contributed by atoms with E-state index in [0.717, 1.165) is 0 Å². The summed E-state index contributed by atoms with van der Waals surface area (Å²) in [5.41, 5.74) is 0. The van der Waals surface area contributed by atoms with Crippen molar-refractivity contribution in [3.63, 3.8) is 0 Å². The van der Waals surface area contributed by atoms with Gasteiger partial charge in [-0.2, -0.15) is 8.42 Å². The van der Waals surface area contributed by atoms with E-state index in [0.29, 0.717) is 0 Å². The maximum Gasteiger partial charge on any atom is 0.394 e. The molecule has 0 aliphatic carbocycles. The van der Waals surface area contributed by atoms with E-state index in [1.807, 2.05) is 0 Å². The summed E-state index contributed by atoms with van der Waals surface area (Å²) >= 11 is 0. The molecule has 0 aliphatic heterocycles. The fraction of sp³-hybridized carbons (Fsp3) is 0. The molecule has 0 atom stereocenters. The third-order valence-electron chi connectivity index (χ3n) is 0. The van der Waals surface area contributed by atoms with Crippen LogP contribution in [0.5, 0.6) is 0 Å². The summed E-state index contributed by atoms with van der Waals surface area (Å²) in [5.74, 6) is 0. The summed E-state index contributed by atoms with van der Waals surface area (Å²) in [4.78, 5) is 0. The Bertz CT molecular complexity index is 92.4. The SMILES string of the molecule is O.O.O.O.O=S(=O)(O)O.[Rh]. The molecule has 0 aromatic heterocycles. The van der Waals surface area contributed by atoms with Crippen LogP contribution < -0.4 is 0 Å². The van der Waals surface area contributed by atoms with Crippen LogP contribution in [-0.4, -0.2) is 39.4 Å². The molecule has 0 aromatic carbocycles. The van der Waals surface area contributed by atoms with Crippen LogP contribution in [0.15, 0.2) is 0 Å². The van der Waals surface area contributed by atoms with Crippen molar-refractivity contribution in [2.24, 2.45) is 0 Å². The van der Waals surface area contributed by atoms with Crippen LogP contribution in [0.4, 0.5) is 0 Å². The summed E-state index contributed by atoms with van der Waals surface area (Å²) in [6, 6.07) is 0. The zero-order chi connectivity index (χ0) is 4.50. The normalized spacial score (nSPS) is 5.80. The number of hydrogen-bond acceptors (Lipinski definition) is 2. The molecule has 0 unspecified atom stereocenters. The molecule has 0 fully saturated rings. The Labute approximate surface area is 69.8 Å². The van der Waals surface area contributed by atoms with Gasteiger partial charge < -0.3 is 21.9 Å². The fourth-order valence-corrected chi connectivity index (χ4v) is 0. The molecule has 0 heterocycles. The molecule has 0 aromatic rings. The van der Waals surface area contributed by atoms with Crippen LogP contribution in [0.25, 0.3) is 0 Å². The molecule has 0 aliphatic rings. The van der Waals surface area contributed by atoms with E-state index in [1.165, 1.54) is 0 Å². The number of rotatable bonds is 0. The second kappa shape index (κ2) is 16.2. The van der Waals surface area contributed by atoms with Gasteiger partial charge in [0.25, 0.3) is 0 Å². The summed E-state index contributed by atoms with van der Waals surface area (Å²) in [6.07, 6.45) is 0. The van der Waals surface area contributed by atoms with Crippen molar-refractivity contribution in [2.75, 3.05) is 0 Å². The van der Waals surface area contributed by atoms with Gasteiger partial charge in [-0.3, -0.25) is 9.11 Å². The molecule has 0 amide bonds. The Morgan fingerprint density at radius 1 is 0.800 bits per heavy atom. The van der Waals surface area contributed by atoms with Crippen LogP contribution in [0, 0.1) is 0 Å². The van der Waals surface area contributed by atoms with Crippen LogP contribution in [-0.2, 0) is 29.9 Å². The van der Waals surface area contributed by atoms with Crippen LogP contribution in [0.2, 0.25) is 0 Å². The summed E-state index contributed by atoms with van der Waals surface area (Å²) in [5, 5.41) is 0. The molecule has 73 valence electrons. The molecule has 0 saturated heterocycles. The average Bonchev–Trinajstić information content (AvgIpc) is 0.722. The van der Waals surface area contributed by atoms with Crippen molar-refractivity contribution in [1.29, 1.82) is 0 Å². The van der Waals surface area contributed by atoms with E-state index in [4.69, 9.17) is 17.5 Å². The minimum absolute atomic E-state index is 0. The van der Waals surface area contributed by atoms with E-state index in [9.17, 15) is 0 Å². The van der Waals surface area contributed by atoms with Gasteiger partial charge in [0, 0.05) is 19.5 Å². The van der Waals surface area contributed by atoms with Crippen molar-refractivity contribution < 1.29 is 58.9 Å². The molecule has 10 heteroatoms.